The van der Waals surface area contributed by atoms with Gasteiger partial charge >= 0.3 is 6.03 Å². The summed E-state index contributed by atoms with van der Waals surface area (Å²) in [7, 11) is 0. The molecule has 7 nitrogen and oxygen atoms in total. The van der Waals surface area contributed by atoms with Crippen LogP contribution in [-0.2, 0) is 10.3 Å². The lowest BCUT2D eigenvalue weighted by Gasteiger charge is -2.21. The second kappa shape index (κ2) is 8.04. The summed E-state index contributed by atoms with van der Waals surface area (Å²) >= 11 is 0. The van der Waals surface area contributed by atoms with Crippen LogP contribution in [-0.4, -0.2) is 41.2 Å². The minimum atomic E-state index is -1.28. The summed E-state index contributed by atoms with van der Waals surface area (Å²) < 4.78 is 10.9. The van der Waals surface area contributed by atoms with Crippen LogP contribution in [0.2, 0.25) is 0 Å². The number of carbonyl (C=O) groups is 2. The summed E-state index contributed by atoms with van der Waals surface area (Å²) in [6, 6.07) is 20.2. The number of nitrogens with zero attached hydrogens (tertiary/aromatic N) is 1. The second-order valence-corrected chi connectivity index (χ2v) is 7.30. The lowest BCUT2D eigenvalue weighted by atomic mass is 9.99. The van der Waals surface area contributed by atoms with Crippen LogP contribution in [0.4, 0.5) is 4.79 Å². The number of aliphatic hydroxyl groups is 1. The normalized spacial score (nSPS) is 19.6. The highest BCUT2D eigenvalue weighted by molar-refractivity contribution is 6.06. The predicted molar refractivity (Wildman–Crippen MR) is 110 cm³/mol. The molecule has 1 aliphatic heterocycles. The third kappa shape index (κ3) is 3.79. The molecule has 1 aromatic heterocycles. The van der Waals surface area contributed by atoms with Crippen molar-refractivity contribution < 1.29 is 23.8 Å². The Hall–Kier alpha value is -3.58. The van der Waals surface area contributed by atoms with Crippen molar-refractivity contribution in [2.24, 2.45) is 0 Å². The van der Waals surface area contributed by atoms with Gasteiger partial charge in [-0.2, -0.15) is 0 Å². The zero-order valence-electron chi connectivity index (χ0n) is 16.4. The molecule has 4 rings (SSSR count). The van der Waals surface area contributed by atoms with E-state index in [-0.39, 0.29) is 13.2 Å². The van der Waals surface area contributed by atoms with E-state index in [1.54, 1.807) is 19.1 Å². The number of ether oxygens (including phenoxy) is 1. The summed E-state index contributed by atoms with van der Waals surface area (Å²) in [6.45, 7) is 1.34. The van der Waals surface area contributed by atoms with Gasteiger partial charge in [0.25, 0.3) is 5.91 Å². The van der Waals surface area contributed by atoms with Crippen molar-refractivity contribution in [3.05, 3.63) is 78.8 Å². The Morgan fingerprint density at radius 3 is 2.40 bits per heavy atom. The maximum Gasteiger partial charge on any atom is 0.325 e. The highest BCUT2D eigenvalue weighted by Crippen LogP contribution is 2.29. The summed E-state index contributed by atoms with van der Waals surface area (Å²) in [6.07, 6.45) is 0.404. The first-order valence-corrected chi connectivity index (χ1v) is 9.62. The van der Waals surface area contributed by atoms with Gasteiger partial charge in [0.1, 0.15) is 24.2 Å². The number of imide groups is 1. The van der Waals surface area contributed by atoms with Gasteiger partial charge in [0.15, 0.2) is 5.54 Å². The van der Waals surface area contributed by atoms with Crippen molar-refractivity contribution in [1.82, 2.24) is 10.2 Å². The van der Waals surface area contributed by atoms with Crippen LogP contribution < -0.4 is 10.1 Å². The van der Waals surface area contributed by atoms with Gasteiger partial charge < -0.3 is 19.6 Å². The Balaban J connectivity index is 1.34. The number of furan rings is 1. The van der Waals surface area contributed by atoms with Crippen molar-refractivity contribution in [2.45, 2.75) is 18.6 Å². The van der Waals surface area contributed by atoms with Gasteiger partial charge in [0.05, 0.1) is 12.8 Å². The topological polar surface area (TPSA) is 92.0 Å². The van der Waals surface area contributed by atoms with Crippen LogP contribution in [0.3, 0.4) is 0 Å². The first kappa shape index (κ1) is 19.7. The molecule has 2 aromatic carbocycles. The lowest BCUT2D eigenvalue weighted by molar-refractivity contribution is -0.132. The SMILES string of the molecule is C[C@@]1(c2ccco2)NC(=O)N(C[C@H](O)COc2ccc(-c3ccccc3)cc2)C1=O. The molecule has 30 heavy (non-hydrogen) atoms. The molecule has 0 saturated carbocycles. The molecule has 2 N–H and O–H groups in total. The molecule has 3 aromatic rings. The smallest absolute Gasteiger partial charge is 0.325 e. The molecule has 0 bridgehead atoms. The minimum Gasteiger partial charge on any atom is -0.491 e. The van der Waals surface area contributed by atoms with E-state index in [9.17, 15) is 14.7 Å². The van der Waals surface area contributed by atoms with Gasteiger partial charge in [-0.25, -0.2) is 4.79 Å². The van der Waals surface area contributed by atoms with Crippen LogP contribution in [0.1, 0.15) is 12.7 Å². The van der Waals surface area contributed by atoms with Crippen LogP contribution in [0.15, 0.2) is 77.4 Å². The van der Waals surface area contributed by atoms with E-state index in [1.807, 2.05) is 54.6 Å². The zero-order valence-corrected chi connectivity index (χ0v) is 16.4. The number of amides is 3. The summed E-state index contributed by atoms with van der Waals surface area (Å²) in [4.78, 5) is 26.0. The standard InChI is InChI=1S/C23H22N2O5/c1-23(20-8-5-13-29-20)21(27)25(22(28)24-23)14-18(26)15-30-19-11-9-17(10-12-19)16-6-3-2-4-7-16/h2-13,18,26H,14-15H2,1H3,(H,24,28)/t18-,23-/m0/s1. The molecule has 3 amide bonds. The Morgan fingerprint density at radius 2 is 1.73 bits per heavy atom. The van der Waals surface area contributed by atoms with Gasteiger partial charge in [-0.1, -0.05) is 42.5 Å². The highest BCUT2D eigenvalue weighted by atomic mass is 16.5. The monoisotopic (exact) mass is 406 g/mol. The number of rotatable bonds is 7. The largest absolute Gasteiger partial charge is 0.491 e. The number of aliphatic hydroxyl groups excluding tert-OH is 1. The van der Waals surface area contributed by atoms with E-state index in [2.05, 4.69) is 5.32 Å². The van der Waals surface area contributed by atoms with Crippen LogP contribution in [0, 0.1) is 0 Å². The molecule has 0 radical (unpaired) electrons. The lowest BCUT2D eigenvalue weighted by Crippen LogP contribution is -2.42. The quantitative estimate of drug-likeness (QED) is 0.588. The Labute approximate surface area is 173 Å². The fourth-order valence-electron chi connectivity index (χ4n) is 3.42. The van der Waals surface area contributed by atoms with E-state index in [4.69, 9.17) is 9.15 Å². The molecule has 0 aliphatic carbocycles. The van der Waals surface area contributed by atoms with Gasteiger partial charge in [0.2, 0.25) is 0 Å². The maximum absolute atomic E-state index is 12.7. The summed E-state index contributed by atoms with van der Waals surface area (Å²) in [5.74, 6) is 0.452. The molecule has 1 aliphatic rings. The van der Waals surface area contributed by atoms with Crippen molar-refractivity contribution in [3.8, 4) is 16.9 Å². The molecule has 1 fully saturated rings. The average molecular weight is 406 g/mol. The van der Waals surface area contributed by atoms with Crippen molar-refractivity contribution >= 4 is 11.9 Å². The van der Waals surface area contributed by atoms with Crippen LogP contribution in [0.5, 0.6) is 5.75 Å². The Kier molecular flexibility index (Phi) is 5.29. The van der Waals surface area contributed by atoms with Gasteiger partial charge in [-0.05, 0) is 42.3 Å². The predicted octanol–water partition coefficient (Wildman–Crippen LogP) is 3.15. The van der Waals surface area contributed by atoms with Crippen molar-refractivity contribution in [1.29, 1.82) is 0 Å². The second-order valence-electron chi connectivity index (χ2n) is 7.30. The van der Waals surface area contributed by atoms with Crippen molar-refractivity contribution in [2.75, 3.05) is 13.2 Å². The van der Waals surface area contributed by atoms with Gasteiger partial charge in [0, 0.05) is 0 Å². The van der Waals surface area contributed by atoms with Crippen LogP contribution in [0.25, 0.3) is 11.1 Å². The number of carbonyl (C=O) groups excluding carboxylic acids is 2. The number of β-amino-alcohol motifs (C(OH)–C–C–N with tert-alkyl or cyclic N) is 1. The number of hydrogen-bond acceptors (Lipinski definition) is 5. The molecule has 154 valence electrons. The minimum absolute atomic E-state index is 0.0563. The average Bonchev–Trinajstić information content (AvgIpc) is 3.38. The van der Waals surface area contributed by atoms with E-state index in [1.165, 1.54) is 6.26 Å². The molecular formula is C23H22N2O5. The third-order valence-electron chi connectivity index (χ3n) is 5.09. The Morgan fingerprint density at radius 1 is 1.03 bits per heavy atom. The van der Waals surface area contributed by atoms with E-state index >= 15 is 0 Å². The first-order valence-electron chi connectivity index (χ1n) is 9.62. The van der Waals surface area contributed by atoms with E-state index in [0.717, 1.165) is 16.0 Å². The first-order chi connectivity index (χ1) is 14.5. The molecule has 2 atom stereocenters. The summed E-state index contributed by atoms with van der Waals surface area (Å²) in [5.41, 5.74) is 0.872. The molecule has 0 unspecified atom stereocenters. The fourth-order valence-corrected chi connectivity index (χ4v) is 3.42. The molecule has 2 heterocycles. The number of nitrogens with one attached hydrogen (secondary N) is 1. The number of urea groups is 1. The molecule has 1 saturated heterocycles. The molecular weight excluding hydrogens is 384 g/mol. The zero-order chi connectivity index (χ0) is 21.1. The third-order valence-corrected chi connectivity index (χ3v) is 5.09. The molecule has 7 heteroatoms. The van der Waals surface area contributed by atoms with Crippen LogP contribution >= 0.6 is 0 Å². The maximum atomic E-state index is 12.7. The summed E-state index contributed by atoms with van der Waals surface area (Å²) in [5, 5.41) is 12.9. The van der Waals surface area contributed by atoms with E-state index in [0.29, 0.717) is 11.5 Å². The number of hydrogen-bond donors (Lipinski definition) is 2. The Bertz CT molecular complexity index is 1020. The van der Waals surface area contributed by atoms with Gasteiger partial charge in [-0.15, -0.1) is 0 Å². The highest BCUT2D eigenvalue weighted by Gasteiger charge is 2.51. The van der Waals surface area contributed by atoms with Crippen molar-refractivity contribution in [3.63, 3.8) is 0 Å². The molecule has 0 spiro atoms. The van der Waals surface area contributed by atoms with E-state index < -0.39 is 23.6 Å². The van der Waals surface area contributed by atoms with Gasteiger partial charge in [-0.3, -0.25) is 9.69 Å². The fraction of sp³-hybridized carbons (Fsp3) is 0.217. The number of benzene rings is 2.